The fourth-order valence-corrected chi connectivity index (χ4v) is 2.35. The Kier molecular flexibility index (Phi) is 3.05. The SMILES string of the molecule is Cc1nccn1CCn1cc(CO)c2cccnc21. The Labute approximate surface area is 111 Å². The van der Waals surface area contributed by atoms with Crippen LogP contribution in [0, 0.1) is 6.92 Å². The van der Waals surface area contributed by atoms with E-state index in [1.165, 1.54) is 0 Å². The van der Waals surface area contributed by atoms with Gasteiger partial charge in [-0.2, -0.15) is 0 Å². The Balaban J connectivity index is 1.91. The molecule has 0 spiro atoms. The van der Waals surface area contributed by atoms with E-state index in [9.17, 15) is 5.11 Å². The van der Waals surface area contributed by atoms with E-state index in [-0.39, 0.29) is 6.61 Å². The van der Waals surface area contributed by atoms with Crippen LogP contribution in [0.5, 0.6) is 0 Å². The first kappa shape index (κ1) is 11.9. The Hall–Kier alpha value is -2.14. The van der Waals surface area contributed by atoms with Crippen LogP contribution in [0.1, 0.15) is 11.4 Å². The molecule has 0 radical (unpaired) electrons. The third-order valence-corrected chi connectivity index (χ3v) is 3.39. The van der Waals surface area contributed by atoms with E-state index in [0.29, 0.717) is 0 Å². The molecule has 5 nitrogen and oxygen atoms in total. The summed E-state index contributed by atoms with van der Waals surface area (Å²) in [6.45, 7) is 3.69. The van der Waals surface area contributed by atoms with Gasteiger partial charge in [0, 0.05) is 48.8 Å². The van der Waals surface area contributed by atoms with Crippen molar-refractivity contribution in [3.05, 3.63) is 48.3 Å². The van der Waals surface area contributed by atoms with Crippen molar-refractivity contribution in [1.29, 1.82) is 0 Å². The molecule has 19 heavy (non-hydrogen) atoms. The molecule has 98 valence electrons. The van der Waals surface area contributed by atoms with Crippen LogP contribution in [0.15, 0.2) is 36.9 Å². The summed E-state index contributed by atoms with van der Waals surface area (Å²) in [6.07, 6.45) is 7.54. The molecule has 0 saturated heterocycles. The van der Waals surface area contributed by atoms with Crippen LogP contribution in [-0.4, -0.2) is 24.2 Å². The zero-order valence-corrected chi connectivity index (χ0v) is 10.8. The lowest BCUT2D eigenvalue weighted by Crippen LogP contribution is -2.07. The average Bonchev–Trinajstić information content (AvgIpc) is 3.00. The highest BCUT2D eigenvalue weighted by Gasteiger charge is 2.08. The van der Waals surface area contributed by atoms with Gasteiger partial charge in [-0.15, -0.1) is 0 Å². The van der Waals surface area contributed by atoms with Crippen LogP contribution < -0.4 is 0 Å². The molecule has 0 aliphatic carbocycles. The molecule has 5 heteroatoms. The molecular weight excluding hydrogens is 240 g/mol. The monoisotopic (exact) mass is 256 g/mol. The summed E-state index contributed by atoms with van der Waals surface area (Å²) in [5, 5.41) is 10.4. The summed E-state index contributed by atoms with van der Waals surface area (Å²) in [5.41, 5.74) is 1.84. The van der Waals surface area contributed by atoms with Crippen molar-refractivity contribution in [1.82, 2.24) is 19.1 Å². The van der Waals surface area contributed by atoms with E-state index in [1.54, 1.807) is 12.4 Å². The van der Waals surface area contributed by atoms with Crippen molar-refractivity contribution in [3.63, 3.8) is 0 Å². The van der Waals surface area contributed by atoms with Crippen LogP contribution >= 0.6 is 0 Å². The van der Waals surface area contributed by atoms with Gasteiger partial charge in [-0.3, -0.25) is 0 Å². The Morgan fingerprint density at radius 2 is 2.00 bits per heavy atom. The molecule has 3 aromatic heterocycles. The topological polar surface area (TPSA) is 55.9 Å². The Morgan fingerprint density at radius 1 is 1.16 bits per heavy atom. The largest absolute Gasteiger partial charge is 0.392 e. The number of imidazole rings is 1. The quantitative estimate of drug-likeness (QED) is 0.773. The van der Waals surface area contributed by atoms with Crippen molar-refractivity contribution in [3.8, 4) is 0 Å². The molecule has 3 aromatic rings. The first-order valence-corrected chi connectivity index (χ1v) is 6.31. The van der Waals surface area contributed by atoms with Crippen molar-refractivity contribution in [2.75, 3.05) is 0 Å². The number of aliphatic hydroxyl groups is 1. The minimum absolute atomic E-state index is 0.0410. The number of rotatable bonds is 4. The second-order valence-corrected chi connectivity index (χ2v) is 4.55. The number of fused-ring (bicyclic) bond motifs is 1. The van der Waals surface area contributed by atoms with Gasteiger partial charge in [0.15, 0.2) is 0 Å². The van der Waals surface area contributed by atoms with Gasteiger partial charge >= 0.3 is 0 Å². The molecule has 3 rings (SSSR count). The van der Waals surface area contributed by atoms with Crippen molar-refractivity contribution in [2.24, 2.45) is 0 Å². The number of nitrogens with zero attached hydrogens (tertiary/aromatic N) is 4. The molecule has 1 N–H and O–H groups in total. The van der Waals surface area contributed by atoms with Crippen LogP contribution in [-0.2, 0) is 19.7 Å². The molecule has 0 aliphatic heterocycles. The Morgan fingerprint density at radius 3 is 2.74 bits per heavy atom. The minimum atomic E-state index is 0.0410. The molecule has 0 aliphatic rings. The smallest absolute Gasteiger partial charge is 0.140 e. The van der Waals surface area contributed by atoms with Gasteiger partial charge in [-0.1, -0.05) is 0 Å². The summed E-state index contributed by atoms with van der Waals surface area (Å²) < 4.78 is 4.19. The minimum Gasteiger partial charge on any atom is -0.392 e. The van der Waals surface area contributed by atoms with Crippen LogP contribution in [0.25, 0.3) is 11.0 Å². The van der Waals surface area contributed by atoms with Gasteiger partial charge in [0.2, 0.25) is 0 Å². The summed E-state index contributed by atoms with van der Waals surface area (Å²) in [6, 6.07) is 3.89. The fourth-order valence-electron chi connectivity index (χ4n) is 2.35. The maximum Gasteiger partial charge on any atom is 0.140 e. The van der Waals surface area contributed by atoms with E-state index in [1.807, 2.05) is 31.5 Å². The number of hydrogen-bond donors (Lipinski definition) is 1. The predicted molar refractivity (Wildman–Crippen MR) is 72.6 cm³/mol. The molecule has 0 saturated carbocycles. The highest BCUT2D eigenvalue weighted by atomic mass is 16.3. The predicted octanol–water partition coefficient (Wildman–Crippen LogP) is 1.73. The van der Waals surface area contributed by atoms with Gasteiger partial charge in [0.25, 0.3) is 0 Å². The van der Waals surface area contributed by atoms with Gasteiger partial charge < -0.3 is 14.2 Å². The van der Waals surface area contributed by atoms with E-state index >= 15 is 0 Å². The van der Waals surface area contributed by atoms with Crippen LogP contribution in [0.3, 0.4) is 0 Å². The van der Waals surface area contributed by atoms with Crippen molar-refractivity contribution >= 4 is 11.0 Å². The summed E-state index contributed by atoms with van der Waals surface area (Å²) in [4.78, 5) is 8.61. The zero-order valence-electron chi connectivity index (χ0n) is 10.8. The van der Waals surface area contributed by atoms with E-state index in [0.717, 1.165) is 35.5 Å². The number of aromatic nitrogens is 4. The highest BCUT2D eigenvalue weighted by Crippen LogP contribution is 2.19. The molecule has 0 atom stereocenters. The lowest BCUT2D eigenvalue weighted by Gasteiger charge is -2.07. The first-order valence-electron chi connectivity index (χ1n) is 6.31. The third-order valence-electron chi connectivity index (χ3n) is 3.39. The lowest BCUT2D eigenvalue weighted by atomic mass is 10.2. The van der Waals surface area contributed by atoms with Gasteiger partial charge in [-0.25, -0.2) is 9.97 Å². The number of aliphatic hydroxyl groups excluding tert-OH is 1. The lowest BCUT2D eigenvalue weighted by molar-refractivity contribution is 0.283. The number of hydrogen-bond acceptors (Lipinski definition) is 3. The molecular formula is C14H16N4O. The second-order valence-electron chi connectivity index (χ2n) is 4.55. The molecule has 0 aromatic carbocycles. The molecule has 0 fully saturated rings. The summed E-state index contributed by atoms with van der Waals surface area (Å²) in [5.74, 6) is 1.01. The molecule has 0 unspecified atom stereocenters. The summed E-state index contributed by atoms with van der Waals surface area (Å²) >= 11 is 0. The van der Waals surface area contributed by atoms with E-state index in [2.05, 4.69) is 19.1 Å². The van der Waals surface area contributed by atoms with Crippen molar-refractivity contribution < 1.29 is 5.11 Å². The Bertz CT molecular complexity index is 698. The number of pyridine rings is 1. The third kappa shape index (κ3) is 2.13. The highest BCUT2D eigenvalue weighted by molar-refractivity contribution is 5.80. The van der Waals surface area contributed by atoms with E-state index < -0.39 is 0 Å². The van der Waals surface area contributed by atoms with Gasteiger partial charge in [0.1, 0.15) is 11.5 Å². The summed E-state index contributed by atoms with van der Waals surface area (Å²) in [7, 11) is 0. The average molecular weight is 256 g/mol. The van der Waals surface area contributed by atoms with Crippen molar-refractivity contribution in [2.45, 2.75) is 26.6 Å². The van der Waals surface area contributed by atoms with Crippen LogP contribution in [0.4, 0.5) is 0 Å². The number of aryl methyl sites for hydroxylation is 3. The van der Waals surface area contributed by atoms with E-state index in [4.69, 9.17) is 0 Å². The second kappa shape index (κ2) is 4.85. The standard InChI is InChI=1S/C14H16N4O/c1-11-15-5-6-17(11)7-8-18-9-12(10-19)13-3-2-4-16-14(13)18/h2-6,9,19H,7-8,10H2,1H3. The molecule has 3 heterocycles. The first-order chi connectivity index (χ1) is 9.29. The normalized spacial score (nSPS) is 11.3. The zero-order chi connectivity index (χ0) is 13.2. The maximum absolute atomic E-state index is 9.39. The molecule has 0 amide bonds. The van der Waals surface area contributed by atoms with Gasteiger partial charge in [0.05, 0.1) is 6.61 Å². The van der Waals surface area contributed by atoms with Crippen LogP contribution in [0.2, 0.25) is 0 Å². The van der Waals surface area contributed by atoms with Gasteiger partial charge in [-0.05, 0) is 19.1 Å². The maximum atomic E-state index is 9.39. The molecule has 0 bridgehead atoms. The fraction of sp³-hybridized carbons (Fsp3) is 0.286.